The smallest absolute Gasteiger partial charge is 0.416 e. The molecule has 0 aliphatic heterocycles. The first-order valence-corrected chi connectivity index (χ1v) is 24.6. The van der Waals surface area contributed by atoms with Gasteiger partial charge in [0.25, 0.3) is 0 Å². The van der Waals surface area contributed by atoms with Gasteiger partial charge in [-0.05, 0) is 153 Å². The molecule has 14 nitrogen and oxygen atoms in total. The van der Waals surface area contributed by atoms with Crippen LogP contribution in [0.1, 0.15) is 74.9 Å². The Morgan fingerprint density at radius 3 is 1.26 bits per heavy atom. The van der Waals surface area contributed by atoms with Crippen molar-refractivity contribution in [2.75, 3.05) is 115 Å². The van der Waals surface area contributed by atoms with Crippen LogP contribution in [-0.4, -0.2) is 115 Å². The fraction of sp³-hybridized carbons (Fsp3) is 0.444. The van der Waals surface area contributed by atoms with Crippen LogP contribution >= 0.6 is 0 Å². The number of nitrogen functional groups attached to an aromatic ring is 2. The van der Waals surface area contributed by atoms with Crippen LogP contribution in [0, 0.1) is 0 Å². The van der Waals surface area contributed by atoms with Crippen molar-refractivity contribution in [3.8, 4) is 0 Å². The van der Waals surface area contributed by atoms with E-state index in [4.69, 9.17) is 30.4 Å². The number of halogens is 6. The second-order valence-corrected chi connectivity index (χ2v) is 17.6. The van der Waals surface area contributed by atoms with Gasteiger partial charge in [0.15, 0.2) is 0 Å². The maximum atomic E-state index is 13.5. The van der Waals surface area contributed by atoms with Gasteiger partial charge >= 0.3 is 24.3 Å². The number of anilines is 4. The SMILES string of the molecule is CCOC(=O)/C(=C(\C)Nc1cccc(C(F)(F)F)c1)[C@H](NCCCN(C)CCOCCOCCN(C)CCCN[C@@H](/C(C(=O)OCC)=C(/C)Nc1cccc(C(F)(F)F)c1)c1ccc(N)cc1)c1ccc(N)cc1. The van der Waals surface area contributed by atoms with Gasteiger partial charge < -0.3 is 61.5 Å². The predicted octanol–water partition coefficient (Wildman–Crippen LogP) is 9.43. The molecule has 4 aromatic rings. The van der Waals surface area contributed by atoms with Gasteiger partial charge in [0.2, 0.25) is 0 Å². The highest BCUT2D eigenvalue weighted by atomic mass is 19.4. The van der Waals surface area contributed by atoms with Crippen LogP contribution in [0.3, 0.4) is 0 Å². The third-order valence-electron chi connectivity index (χ3n) is 11.7. The highest BCUT2D eigenvalue weighted by Crippen LogP contribution is 2.34. The van der Waals surface area contributed by atoms with E-state index in [2.05, 4.69) is 31.1 Å². The second-order valence-electron chi connectivity index (χ2n) is 17.6. The van der Waals surface area contributed by atoms with Gasteiger partial charge in [-0.3, -0.25) is 0 Å². The molecule has 0 aromatic heterocycles. The monoisotopic (exact) mass is 1040 g/mol. The number of likely N-dealkylation sites (N-methyl/N-ethyl adjacent to an activating group) is 2. The van der Waals surface area contributed by atoms with Gasteiger partial charge in [0.05, 0.1) is 74.0 Å². The predicted molar refractivity (Wildman–Crippen MR) is 278 cm³/mol. The highest BCUT2D eigenvalue weighted by Gasteiger charge is 2.33. The van der Waals surface area contributed by atoms with Crippen molar-refractivity contribution in [2.24, 2.45) is 0 Å². The number of nitrogens with zero attached hydrogens (tertiary/aromatic N) is 2. The standard InChI is InChI=1S/C54H72F6N8O6/c1-7-73-51(69)47(37(3)65-45-15-9-13-41(35-45)53(55,56)57)49(39-17-21-43(61)22-18-39)63-25-11-27-67(5)29-31-71-33-34-72-32-30-68(6)28-12-26-64-50(40-19-23-44(62)24-20-40)48(52(70)74-8-2)38(4)66-46-16-10-14-42(36-46)54(58,59)60/h9-10,13-24,35-36,49-50,63-66H,7-8,11-12,25-34,61-62H2,1-6H3/b47-37+,48-38+/t49-,50-/m1/s1. The summed E-state index contributed by atoms with van der Waals surface area (Å²) in [6.45, 7) is 12.3. The van der Waals surface area contributed by atoms with E-state index in [1.807, 2.05) is 14.1 Å². The molecular formula is C54H72F6N8O6. The molecule has 0 unspecified atom stereocenters. The van der Waals surface area contributed by atoms with Crippen LogP contribution in [0.2, 0.25) is 0 Å². The molecule has 0 saturated heterocycles. The Kier molecular flexibility index (Phi) is 24.7. The molecule has 4 aromatic carbocycles. The third kappa shape index (κ3) is 20.3. The maximum absolute atomic E-state index is 13.5. The molecule has 20 heteroatoms. The first-order valence-electron chi connectivity index (χ1n) is 24.6. The summed E-state index contributed by atoms with van der Waals surface area (Å²) >= 11 is 0. The minimum Gasteiger partial charge on any atom is -0.463 e. The summed E-state index contributed by atoms with van der Waals surface area (Å²) in [7, 11) is 3.96. The van der Waals surface area contributed by atoms with Gasteiger partial charge in [0.1, 0.15) is 0 Å². The van der Waals surface area contributed by atoms with Crippen LogP contribution in [0.5, 0.6) is 0 Å². The lowest BCUT2D eigenvalue weighted by Crippen LogP contribution is -2.32. The van der Waals surface area contributed by atoms with Gasteiger partial charge in [0, 0.05) is 47.2 Å². The number of nitrogens with one attached hydrogen (secondary N) is 4. The Balaban J connectivity index is 1.21. The molecule has 74 heavy (non-hydrogen) atoms. The number of ether oxygens (including phenoxy) is 4. The molecule has 0 amide bonds. The summed E-state index contributed by atoms with van der Waals surface area (Å²) in [5.74, 6) is -1.22. The number of hydrogen-bond donors (Lipinski definition) is 6. The molecule has 4 rings (SSSR count). The quantitative estimate of drug-likeness (QED) is 0.00924. The van der Waals surface area contributed by atoms with Gasteiger partial charge in [-0.25, -0.2) is 9.59 Å². The third-order valence-corrected chi connectivity index (χ3v) is 11.7. The molecule has 2 atom stereocenters. The largest absolute Gasteiger partial charge is 0.463 e. The fourth-order valence-electron chi connectivity index (χ4n) is 7.83. The molecule has 406 valence electrons. The lowest BCUT2D eigenvalue weighted by atomic mass is 9.96. The number of nitrogens with two attached hydrogens (primary N) is 2. The van der Waals surface area contributed by atoms with Crippen molar-refractivity contribution in [1.29, 1.82) is 0 Å². The summed E-state index contributed by atoms with van der Waals surface area (Å²) in [5, 5.41) is 12.9. The molecule has 0 saturated carbocycles. The van der Waals surface area contributed by atoms with Crippen molar-refractivity contribution in [3.05, 3.63) is 142 Å². The van der Waals surface area contributed by atoms with E-state index >= 15 is 0 Å². The summed E-state index contributed by atoms with van der Waals surface area (Å²) < 4.78 is 103. The number of carbonyl (C=O) groups excluding carboxylic acids is 2. The number of alkyl halides is 6. The Morgan fingerprint density at radius 1 is 0.554 bits per heavy atom. The van der Waals surface area contributed by atoms with E-state index in [0.717, 1.165) is 35.4 Å². The number of hydrogen-bond acceptors (Lipinski definition) is 14. The van der Waals surface area contributed by atoms with Crippen molar-refractivity contribution in [1.82, 2.24) is 20.4 Å². The molecule has 0 radical (unpaired) electrons. The fourth-order valence-corrected chi connectivity index (χ4v) is 7.83. The average molecular weight is 1040 g/mol. The van der Waals surface area contributed by atoms with Crippen LogP contribution < -0.4 is 32.7 Å². The summed E-state index contributed by atoms with van der Waals surface area (Å²) in [6, 6.07) is 22.2. The summed E-state index contributed by atoms with van der Waals surface area (Å²) in [4.78, 5) is 31.2. The number of rotatable bonds is 31. The Labute approximate surface area is 430 Å². The maximum Gasteiger partial charge on any atom is 0.416 e. The van der Waals surface area contributed by atoms with E-state index in [9.17, 15) is 35.9 Å². The lowest BCUT2D eigenvalue weighted by Gasteiger charge is -2.25. The number of benzene rings is 4. The second kappa shape index (κ2) is 30.3. The molecule has 0 spiro atoms. The van der Waals surface area contributed by atoms with Crippen molar-refractivity contribution in [3.63, 3.8) is 0 Å². The van der Waals surface area contributed by atoms with Crippen molar-refractivity contribution >= 4 is 34.7 Å². The number of carbonyl (C=O) groups is 2. The van der Waals surface area contributed by atoms with Gasteiger partial charge in [-0.2, -0.15) is 26.3 Å². The number of esters is 2. The normalized spacial score (nSPS) is 13.5. The van der Waals surface area contributed by atoms with Gasteiger partial charge in [-0.15, -0.1) is 0 Å². The van der Waals surface area contributed by atoms with Gasteiger partial charge in [-0.1, -0.05) is 36.4 Å². The minimum absolute atomic E-state index is 0.0998. The number of allylic oxidation sites excluding steroid dienone is 2. The van der Waals surface area contributed by atoms with E-state index in [0.29, 0.717) is 101 Å². The molecule has 0 bridgehead atoms. The van der Waals surface area contributed by atoms with E-state index < -0.39 is 47.5 Å². The van der Waals surface area contributed by atoms with Crippen LogP contribution in [0.25, 0.3) is 0 Å². The molecule has 0 fully saturated rings. The first-order chi connectivity index (χ1) is 35.2. The molecule has 0 aliphatic carbocycles. The molecule has 0 aliphatic rings. The Bertz CT molecular complexity index is 2250. The summed E-state index contributed by atoms with van der Waals surface area (Å²) in [6.07, 6.45) is -7.68. The highest BCUT2D eigenvalue weighted by molar-refractivity contribution is 5.92. The van der Waals surface area contributed by atoms with Crippen LogP contribution in [0.4, 0.5) is 49.1 Å². The van der Waals surface area contributed by atoms with E-state index in [1.165, 1.54) is 24.3 Å². The Morgan fingerprint density at radius 2 is 0.919 bits per heavy atom. The zero-order valence-corrected chi connectivity index (χ0v) is 43.1. The lowest BCUT2D eigenvalue weighted by molar-refractivity contribution is -0.140. The van der Waals surface area contributed by atoms with E-state index in [-0.39, 0.29) is 35.7 Å². The van der Waals surface area contributed by atoms with Crippen LogP contribution in [-0.2, 0) is 40.9 Å². The zero-order valence-electron chi connectivity index (χ0n) is 43.1. The average Bonchev–Trinajstić information content (AvgIpc) is 3.34. The van der Waals surface area contributed by atoms with Crippen molar-refractivity contribution < 1.29 is 54.9 Å². The first kappa shape index (κ1) is 60.4. The summed E-state index contributed by atoms with van der Waals surface area (Å²) in [5.41, 5.74) is 14.3. The molecular weight excluding hydrogens is 971 g/mol. The molecule has 0 heterocycles. The Hall–Kier alpha value is -6.16. The van der Waals surface area contributed by atoms with Crippen molar-refractivity contribution in [2.45, 2.75) is 65.0 Å². The van der Waals surface area contributed by atoms with E-state index in [1.54, 1.807) is 76.2 Å². The topological polar surface area (TPSA) is 178 Å². The van der Waals surface area contributed by atoms with Crippen LogP contribution in [0.15, 0.2) is 120 Å². The minimum atomic E-state index is -4.54. The zero-order chi connectivity index (χ0) is 54.3. The molecule has 8 N–H and O–H groups in total.